The highest BCUT2D eigenvalue weighted by Gasteiger charge is 2.10. The molecule has 90 valence electrons. The van der Waals surface area contributed by atoms with Crippen molar-refractivity contribution in [3.05, 3.63) is 42.1 Å². The molecule has 0 spiro atoms. The van der Waals surface area contributed by atoms with Crippen LogP contribution < -0.4 is 5.32 Å². The first kappa shape index (κ1) is 11.9. The lowest BCUT2D eigenvalue weighted by atomic mass is 10.0. The minimum Gasteiger partial charge on any atom is -0.467 e. The number of nitrogens with one attached hydrogen (secondary N) is 1. The molecule has 2 aromatic rings. The summed E-state index contributed by atoms with van der Waals surface area (Å²) in [5.74, 6) is 0.993. The van der Waals surface area contributed by atoms with E-state index in [0.29, 0.717) is 0 Å². The number of aromatic nitrogens is 1. The van der Waals surface area contributed by atoms with Gasteiger partial charge >= 0.3 is 0 Å². The first-order valence-electron chi connectivity index (χ1n) is 6.01. The van der Waals surface area contributed by atoms with E-state index in [0.717, 1.165) is 30.8 Å². The van der Waals surface area contributed by atoms with E-state index in [1.807, 2.05) is 24.5 Å². The second-order valence-corrected chi connectivity index (χ2v) is 4.12. The quantitative estimate of drug-likeness (QED) is 0.802. The normalized spacial score (nSPS) is 10.7. The second-order valence-electron chi connectivity index (χ2n) is 4.12. The van der Waals surface area contributed by atoms with Crippen LogP contribution in [0.25, 0.3) is 11.1 Å². The third-order valence-electron chi connectivity index (χ3n) is 2.77. The van der Waals surface area contributed by atoms with Crippen LogP contribution in [0.15, 0.2) is 35.2 Å². The van der Waals surface area contributed by atoms with E-state index in [2.05, 4.69) is 24.1 Å². The SMILES string of the molecule is CCCNCc1occc1-c1ccncc1C. The maximum atomic E-state index is 5.54. The van der Waals surface area contributed by atoms with Crippen LogP contribution in [0.2, 0.25) is 0 Å². The molecule has 0 radical (unpaired) electrons. The summed E-state index contributed by atoms with van der Waals surface area (Å²) in [6.45, 7) is 6.01. The smallest absolute Gasteiger partial charge is 0.125 e. The van der Waals surface area contributed by atoms with Crippen molar-refractivity contribution in [2.24, 2.45) is 0 Å². The third-order valence-corrected chi connectivity index (χ3v) is 2.77. The third kappa shape index (κ3) is 2.74. The monoisotopic (exact) mass is 230 g/mol. The average molecular weight is 230 g/mol. The van der Waals surface area contributed by atoms with Gasteiger partial charge in [0.1, 0.15) is 5.76 Å². The molecule has 0 bridgehead atoms. The predicted molar refractivity (Wildman–Crippen MR) is 68.7 cm³/mol. The molecule has 0 aromatic carbocycles. The summed E-state index contributed by atoms with van der Waals surface area (Å²) in [6, 6.07) is 4.05. The number of rotatable bonds is 5. The van der Waals surface area contributed by atoms with Crippen LogP contribution in [-0.4, -0.2) is 11.5 Å². The van der Waals surface area contributed by atoms with Crippen molar-refractivity contribution in [3.63, 3.8) is 0 Å². The molecule has 2 aromatic heterocycles. The lowest BCUT2D eigenvalue weighted by molar-refractivity contribution is 0.484. The highest BCUT2D eigenvalue weighted by atomic mass is 16.3. The van der Waals surface area contributed by atoms with E-state index >= 15 is 0 Å². The molecule has 0 unspecified atom stereocenters. The van der Waals surface area contributed by atoms with E-state index in [4.69, 9.17) is 4.42 Å². The second kappa shape index (κ2) is 5.64. The van der Waals surface area contributed by atoms with Crippen LogP contribution >= 0.6 is 0 Å². The first-order chi connectivity index (χ1) is 8.33. The lowest BCUT2D eigenvalue weighted by Gasteiger charge is -2.06. The molecule has 3 nitrogen and oxygen atoms in total. The fourth-order valence-corrected chi connectivity index (χ4v) is 1.87. The van der Waals surface area contributed by atoms with Crippen LogP contribution in [0.4, 0.5) is 0 Å². The predicted octanol–water partition coefficient (Wildman–Crippen LogP) is 3.15. The Bertz CT molecular complexity index is 477. The van der Waals surface area contributed by atoms with Crippen LogP contribution in [0.3, 0.4) is 0 Å². The van der Waals surface area contributed by atoms with Gasteiger partial charge < -0.3 is 9.73 Å². The number of hydrogen-bond acceptors (Lipinski definition) is 3. The van der Waals surface area contributed by atoms with Gasteiger partial charge in [-0.2, -0.15) is 0 Å². The minimum atomic E-state index is 0.776. The Kier molecular flexibility index (Phi) is 3.94. The molecule has 1 N–H and O–H groups in total. The van der Waals surface area contributed by atoms with Crippen LogP contribution in [0.5, 0.6) is 0 Å². The van der Waals surface area contributed by atoms with E-state index in [1.54, 1.807) is 6.26 Å². The average Bonchev–Trinajstić information content (AvgIpc) is 2.78. The zero-order valence-corrected chi connectivity index (χ0v) is 10.4. The van der Waals surface area contributed by atoms with Crippen molar-refractivity contribution < 1.29 is 4.42 Å². The topological polar surface area (TPSA) is 38.1 Å². The number of hydrogen-bond donors (Lipinski definition) is 1. The van der Waals surface area contributed by atoms with Crippen molar-refractivity contribution in [1.82, 2.24) is 10.3 Å². The molecule has 2 rings (SSSR count). The Morgan fingerprint density at radius 2 is 2.18 bits per heavy atom. The Balaban J connectivity index is 2.22. The van der Waals surface area contributed by atoms with E-state index < -0.39 is 0 Å². The fourth-order valence-electron chi connectivity index (χ4n) is 1.87. The molecule has 17 heavy (non-hydrogen) atoms. The van der Waals surface area contributed by atoms with Gasteiger partial charge in [0.15, 0.2) is 0 Å². The summed E-state index contributed by atoms with van der Waals surface area (Å²) in [6.07, 6.45) is 6.58. The first-order valence-corrected chi connectivity index (χ1v) is 6.01. The van der Waals surface area contributed by atoms with Gasteiger partial charge in [0.25, 0.3) is 0 Å². The Hall–Kier alpha value is -1.61. The highest BCUT2D eigenvalue weighted by Crippen LogP contribution is 2.27. The number of pyridine rings is 1. The molecule has 0 aliphatic rings. The van der Waals surface area contributed by atoms with Gasteiger partial charge in [-0.05, 0) is 43.1 Å². The Labute approximate surface area is 102 Å². The summed E-state index contributed by atoms with van der Waals surface area (Å²) in [7, 11) is 0. The van der Waals surface area contributed by atoms with Crippen molar-refractivity contribution in [2.45, 2.75) is 26.8 Å². The standard InChI is InChI=1S/C14H18N2O/c1-3-6-15-10-14-13(5-8-17-14)12-4-7-16-9-11(12)2/h4-5,7-9,15H,3,6,10H2,1-2H3. The van der Waals surface area contributed by atoms with Gasteiger partial charge in [0.2, 0.25) is 0 Å². The molecule has 0 saturated carbocycles. The minimum absolute atomic E-state index is 0.776. The molecule has 2 heterocycles. The van der Waals surface area contributed by atoms with Gasteiger partial charge in [-0.3, -0.25) is 4.98 Å². The van der Waals surface area contributed by atoms with Crippen molar-refractivity contribution in [2.75, 3.05) is 6.54 Å². The zero-order valence-electron chi connectivity index (χ0n) is 10.4. The highest BCUT2D eigenvalue weighted by molar-refractivity contribution is 5.68. The Morgan fingerprint density at radius 1 is 1.29 bits per heavy atom. The van der Waals surface area contributed by atoms with Crippen LogP contribution in [-0.2, 0) is 6.54 Å². The maximum absolute atomic E-state index is 5.54. The van der Waals surface area contributed by atoms with Gasteiger partial charge in [-0.15, -0.1) is 0 Å². The fraction of sp³-hybridized carbons (Fsp3) is 0.357. The van der Waals surface area contributed by atoms with E-state index in [-0.39, 0.29) is 0 Å². The largest absolute Gasteiger partial charge is 0.467 e. The van der Waals surface area contributed by atoms with Gasteiger partial charge in [-0.25, -0.2) is 0 Å². The van der Waals surface area contributed by atoms with Gasteiger partial charge in [-0.1, -0.05) is 6.92 Å². The molecule has 0 amide bonds. The molecule has 0 saturated heterocycles. The van der Waals surface area contributed by atoms with Crippen LogP contribution in [0.1, 0.15) is 24.7 Å². The molecule has 0 aliphatic carbocycles. The van der Waals surface area contributed by atoms with E-state index in [1.165, 1.54) is 11.1 Å². The molecule has 0 aliphatic heterocycles. The molecular formula is C14H18N2O. The van der Waals surface area contributed by atoms with Crippen molar-refractivity contribution in [1.29, 1.82) is 0 Å². The zero-order chi connectivity index (χ0) is 12.1. The molecule has 3 heteroatoms. The summed E-state index contributed by atoms with van der Waals surface area (Å²) < 4.78 is 5.54. The Morgan fingerprint density at radius 3 is 2.94 bits per heavy atom. The summed E-state index contributed by atoms with van der Waals surface area (Å²) in [4.78, 5) is 4.11. The van der Waals surface area contributed by atoms with Crippen molar-refractivity contribution in [3.8, 4) is 11.1 Å². The number of aryl methyl sites for hydroxylation is 1. The molecular weight excluding hydrogens is 212 g/mol. The summed E-state index contributed by atoms with van der Waals surface area (Å²) in [5, 5.41) is 3.36. The van der Waals surface area contributed by atoms with Gasteiger partial charge in [0, 0.05) is 18.0 Å². The number of nitrogens with zero attached hydrogens (tertiary/aromatic N) is 1. The summed E-state index contributed by atoms with van der Waals surface area (Å²) >= 11 is 0. The number of furan rings is 1. The van der Waals surface area contributed by atoms with Crippen molar-refractivity contribution >= 4 is 0 Å². The van der Waals surface area contributed by atoms with Crippen LogP contribution in [0, 0.1) is 6.92 Å². The molecule has 0 atom stereocenters. The van der Waals surface area contributed by atoms with E-state index in [9.17, 15) is 0 Å². The molecule has 0 fully saturated rings. The summed E-state index contributed by atoms with van der Waals surface area (Å²) in [5.41, 5.74) is 3.53. The van der Waals surface area contributed by atoms with Gasteiger partial charge in [0.05, 0.1) is 12.8 Å². The lowest BCUT2D eigenvalue weighted by Crippen LogP contribution is -2.13. The maximum Gasteiger partial charge on any atom is 0.125 e.